The average Bonchev–Trinajstić information content (AvgIpc) is 3.36. The third-order valence-corrected chi connectivity index (χ3v) is 5.21. The second kappa shape index (κ2) is 8.41. The summed E-state index contributed by atoms with van der Waals surface area (Å²) in [5.41, 5.74) is 4.06. The molecule has 0 fully saturated rings. The number of ether oxygens (including phenoxy) is 1. The van der Waals surface area contributed by atoms with E-state index in [2.05, 4.69) is 10.4 Å². The molecule has 0 spiro atoms. The van der Waals surface area contributed by atoms with E-state index in [1.807, 2.05) is 35.0 Å². The molecule has 0 saturated carbocycles. The molecule has 7 nitrogen and oxygen atoms in total. The van der Waals surface area contributed by atoms with Gasteiger partial charge in [-0.1, -0.05) is 24.3 Å². The molecule has 1 aliphatic carbocycles. The standard InChI is InChI=1S/C23H24N4O3/c1-26(15-21(28)24-16-8-6-11-18(14-16)30-2)23(29)22-19-12-7-13-20(19)27(25-22)17-9-4-3-5-10-17/h3-6,8-11,14H,7,12-13,15H2,1-2H3,(H,24,28). The van der Waals surface area contributed by atoms with Gasteiger partial charge < -0.3 is 15.0 Å². The maximum atomic E-state index is 13.1. The number of benzene rings is 2. The first-order chi connectivity index (χ1) is 14.6. The van der Waals surface area contributed by atoms with Crippen LogP contribution < -0.4 is 10.1 Å². The van der Waals surface area contributed by atoms with Gasteiger partial charge in [-0.2, -0.15) is 5.10 Å². The molecular formula is C23H24N4O3. The van der Waals surface area contributed by atoms with Crippen LogP contribution in [0.25, 0.3) is 5.69 Å². The van der Waals surface area contributed by atoms with Crippen LogP contribution in [0.4, 0.5) is 5.69 Å². The number of aromatic nitrogens is 2. The zero-order chi connectivity index (χ0) is 21.1. The Hall–Kier alpha value is -3.61. The predicted molar refractivity (Wildman–Crippen MR) is 114 cm³/mol. The number of hydrogen-bond acceptors (Lipinski definition) is 4. The minimum Gasteiger partial charge on any atom is -0.497 e. The van der Waals surface area contributed by atoms with Gasteiger partial charge in [0.1, 0.15) is 5.75 Å². The lowest BCUT2D eigenvalue weighted by Gasteiger charge is -2.16. The summed E-state index contributed by atoms with van der Waals surface area (Å²) in [4.78, 5) is 26.9. The Balaban J connectivity index is 1.50. The van der Waals surface area contributed by atoms with Crippen molar-refractivity contribution in [1.82, 2.24) is 14.7 Å². The van der Waals surface area contributed by atoms with E-state index in [-0.39, 0.29) is 18.4 Å². The van der Waals surface area contributed by atoms with Crippen LogP contribution in [0.1, 0.15) is 28.2 Å². The summed E-state index contributed by atoms with van der Waals surface area (Å²) in [6.45, 7) is -0.0665. The molecule has 0 bridgehead atoms. The van der Waals surface area contributed by atoms with E-state index >= 15 is 0 Å². The van der Waals surface area contributed by atoms with Crippen LogP contribution in [0, 0.1) is 0 Å². The number of para-hydroxylation sites is 1. The maximum Gasteiger partial charge on any atom is 0.274 e. The SMILES string of the molecule is COc1cccc(NC(=O)CN(C)C(=O)c2nn(-c3ccccc3)c3c2CCC3)c1. The third-order valence-electron chi connectivity index (χ3n) is 5.21. The quantitative estimate of drug-likeness (QED) is 0.685. The van der Waals surface area contributed by atoms with Crippen molar-refractivity contribution in [2.45, 2.75) is 19.3 Å². The van der Waals surface area contributed by atoms with Crippen molar-refractivity contribution in [2.24, 2.45) is 0 Å². The highest BCUT2D eigenvalue weighted by molar-refractivity contribution is 5.99. The van der Waals surface area contributed by atoms with Crippen molar-refractivity contribution in [1.29, 1.82) is 0 Å². The zero-order valence-corrected chi connectivity index (χ0v) is 17.1. The molecule has 1 heterocycles. The zero-order valence-electron chi connectivity index (χ0n) is 17.1. The average molecular weight is 404 g/mol. The largest absolute Gasteiger partial charge is 0.497 e. The molecule has 1 aliphatic rings. The summed E-state index contributed by atoms with van der Waals surface area (Å²) < 4.78 is 7.03. The molecule has 1 N–H and O–H groups in total. The summed E-state index contributed by atoms with van der Waals surface area (Å²) in [5.74, 6) is 0.126. The lowest BCUT2D eigenvalue weighted by Crippen LogP contribution is -2.35. The van der Waals surface area contributed by atoms with Gasteiger partial charge in [0.25, 0.3) is 5.91 Å². The smallest absolute Gasteiger partial charge is 0.274 e. The number of amides is 2. The Morgan fingerprint density at radius 2 is 1.93 bits per heavy atom. The van der Waals surface area contributed by atoms with E-state index < -0.39 is 0 Å². The summed E-state index contributed by atoms with van der Waals surface area (Å²) in [6.07, 6.45) is 2.72. The lowest BCUT2D eigenvalue weighted by molar-refractivity contribution is -0.116. The van der Waals surface area contributed by atoms with Gasteiger partial charge in [-0.05, 0) is 43.5 Å². The van der Waals surface area contributed by atoms with E-state index in [4.69, 9.17) is 4.74 Å². The van der Waals surface area contributed by atoms with Gasteiger partial charge in [-0.15, -0.1) is 0 Å². The first-order valence-electron chi connectivity index (χ1n) is 9.92. The van der Waals surface area contributed by atoms with E-state index in [0.717, 1.165) is 36.2 Å². The Bertz CT molecular complexity index is 1080. The molecule has 3 aromatic rings. The van der Waals surface area contributed by atoms with Crippen LogP contribution in [0.5, 0.6) is 5.75 Å². The fourth-order valence-electron chi connectivity index (χ4n) is 3.76. The molecule has 0 atom stereocenters. The van der Waals surface area contributed by atoms with E-state index in [0.29, 0.717) is 17.1 Å². The van der Waals surface area contributed by atoms with Crippen molar-refractivity contribution in [2.75, 3.05) is 26.0 Å². The third kappa shape index (κ3) is 3.91. The molecule has 4 rings (SSSR count). The van der Waals surface area contributed by atoms with Gasteiger partial charge in [0.15, 0.2) is 5.69 Å². The summed E-state index contributed by atoms with van der Waals surface area (Å²) in [6, 6.07) is 16.9. The number of methoxy groups -OCH3 is 1. The van der Waals surface area contributed by atoms with Crippen LogP contribution in [0.15, 0.2) is 54.6 Å². The molecule has 1 aromatic heterocycles. The van der Waals surface area contributed by atoms with Crippen molar-refractivity contribution in [3.63, 3.8) is 0 Å². The van der Waals surface area contributed by atoms with E-state index in [1.54, 1.807) is 38.4 Å². The normalized spacial score (nSPS) is 12.3. The minimum absolute atomic E-state index is 0.0665. The molecule has 2 aromatic carbocycles. The molecule has 0 unspecified atom stereocenters. The van der Waals surface area contributed by atoms with Gasteiger partial charge in [0, 0.05) is 30.1 Å². The summed E-state index contributed by atoms with van der Waals surface area (Å²) >= 11 is 0. The molecule has 2 amide bonds. The van der Waals surface area contributed by atoms with Gasteiger partial charge >= 0.3 is 0 Å². The number of rotatable bonds is 6. The molecule has 0 radical (unpaired) electrons. The predicted octanol–water partition coefficient (Wildman–Crippen LogP) is 3.08. The number of carbonyl (C=O) groups is 2. The van der Waals surface area contributed by atoms with Gasteiger partial charge in [0.05, 0.1) is 19.3 Å². The first-order valence-corrected chi connectivity index (χ1v) is 9.92. The number of nitrogens with zero attached hydrogens (tertiary/aromatic N) is 3. The van der Waals surface area contributed by atoms with Crippen molar-refractivity contribution in [3.8, 4) is 11.4 Å². The van der Waals surface area contributed by atoms with E-state index in [9.17, 15) is 9.59 Å². The monoisotopic (exact) mass is 404 g/mol. The number of fused-ring (bicyclic) bond motifs is 1. The summed E-state index contributed by atoms with van der Waals surface area (Å²) in [5, 5.41) is 7.41. The fraction of sp³-hybridized carbons (Fsp3) is 0.261. The van der Waals surface area contributed by atoms with Gasteiger partial charge in [-0.25, -0.2) is 4.68 Å². The van der Waals surface area contributed by atoms with Crippen LogP contribution in [0.2, 0.25) is 0 Å². The number of likely N-dealkylation sites (N-methyl/N-ethyl adjacent to an activating group) is 1. The maximum absolute atomic E-state index is 13.1. The number of anilines is 1. The Labute approximate surface area is 175 Å². The van der Waals surface area contributed by atoms with E-state index in [1.165, 1.54) is 4.90 Å². The van der Waals surface area contributed by atoms with Gasteiger partial charge in [0.2, 0.25) is 5.91 Å². The highest BCUT2D eigenvalue weighted by atomic mass is 16.5. The topological polar surface area (TPSA) is 76.5 Å². The Kier molecular flexibility index (Phi) is 5.52. The second-order valence-electron chi connectivity index (χ2n) is 7.32. The second-order valence-corrected chi connectivity index (χ2v) is 7.32. The number of carbonyl (C=O) groups excluding carboxylic acids is 2. The molecular weight excluding hydrogens is 380 g/mol. The van der Waals surface area contributed by atoms with Gasteiger partial charge in [-0.3, -0.25) is 9.59 Å². The lowest BCUT2D eigenvalue weighted by atomic mass is 10.2. The molecule has 0 saturated heterocycles. The minimum atomic E-state index is -0.279. The van der Waals surface area contributed by atoms with Crippen LogP contribution in [-0.2, 0) is 17.6 Å². The van der Waals surface area contributed by atoms with Crippen molar-refractivity contribution < 1.29 is 14.3 Å². The van der Waals surface area contributed by atoms with Crippen LogP contribution in [-0.4, -0.2) is 47.2 Å². The first kappa shape index (κ1) is 19.7. The molecule has 154 valence electrons. The Morgan fingerprint density at radius 1 is 1.13 bits per heavy atom. The molecule has 7 heteroatoms. The highest BCUT2D eigenvalue weighted by Crippen LogP contribution is 2.28. The number of nitrogens with one attached hydrogen (secondary N) is 1. The van der Waals surface area contributed by atoms with Crippen LogP contribution >= 0.6 is 0 Å². The highest BCUT2D eigenvalue weighted by Gasteiger charge is 2.29. The van der Waals surface area contributed by atoms with Crippen molar-refractivity contribution in [3.05, 3.63) is 71.5 Å². The Morgan fingerprint density at radius 3 is 2.70 bits per heavy atom. The molecule has 30 heavy (non-hydrogen) atoms. The van der Waals surface area contributed by atoms with Crippen LogP contribution in [0.3, 0.4) is 0 Å². The summed E-state index contributed by atoms with van der Waals surface area (Å²) in [7, 11) is 3.19. The fourth-order valence-corrected chi connectivity index (χ4v) is 3.76. The number of hydrogen-bond donors (Lipinski definition) is 1. The van der Waals surface area contributed by atoms with Crippen molar-refractivity contribution >= 4 is 17.5 Å². The molecule has 0 aliphatic heterocycles.